The van der Waals surface area contributed by atoms with Gasteiger partial charge in [-0.3, -0.25) is 10.1 Å². The van der Waals surface area contributed by atoms with E-state index in [0.717, 1.165) is 6.42 Å². The number of alkyl halides is 1. The summed E-state index contributed by atoms with van der Waals surface area (Å²) in [6.45, 7) is 4.06. The standard InChI is InChI=1S/C12H13BrClNO3/c1-12(2)9(14)6-10(12)18-8-5-3-4-7(11(8)13)15(16)17/h3-5,9-10H,6H2,1-2H3. The Kier molecular flexibility index (Phi) is 3.56. The van der Waals surface area contributed by atoms with Gasteiger partial charge in [0.25, 0.3) is 5.69 Å². The van der Waals surface area contributed by atoms with Crippen molar-refractivity contribution >= 4 is 33.2 Å². The van der Waals surface area contributed by atoms with E-state index in [4.69, 9.17) is 16.3 Å². The highest BCUT2D eigenvalue weighted by atomic mass is 79.9. The Morgan fingerprint density at radius 2 is 2.22 bits per heavy atom. The van der Waals surface area contributed by atoms with Gasteiger partial charge in [-0.15, -0.1) is 11.6 Å². The molecule has 1 aliphatic carbocycles. The van der Waals surface area contributed by atoms with E-state index in [2.05, 4.69) is 15.9 Å². The lowest BCUT2D eigenvalue weighted by molar-refractivity contribution is -0.385. The molecule has 6 heteroatoms. The molecule has 2 unspecified atom stereocenters. The van der Waals surface area contributed by atoms with E-state index in [-0.39, 0.29) is 22.6 Å². The van der Waals surface area contributed by atoms with E-state index in [0.29, 0.717) is 10.2 Å². The predicted molar refractivity (Wildman–Crippen MR) is 73.3 cm³/mol. The fraction of sp³-hybridized carbons (Fsp3) is 0.500. The summed E-state index contributed by atoms with van der Waals surface area (Å²) in [6.07, 6.45) is 0.738. The molecule has 2 rings (SSSR count). The maximum absolute atomic E-state index is 10.8. The fourth-order valence-corrected chi connectivity index (χ4v) is 2.73. The van der Waals surface area contributed by atoms with E-state index in [1.165, 1.54) is 6.07 Å². The van der Waals surface area contributed by atoms with Crippen molar-refractivity contribution in [1.29, 1.82) is 0 Å². The Bertz CT molecular complexity index is 492. The third kappa shape index (κ3) is 2.21. The number of nitrogens with zero attached hydrogens (tertiary/aromatic N) is 1. The molecule has 18 heavy (non-hydrogen) atoms. The van der Waals surface area contributed by atoms with Crippen LogP contribution in [0.3, 0.4) is 0 Å². The smallest absolute Gasteiger partial charge is 0.287 e. The Balaban J connectivity index is 2.21. The molecule has 1 fully saturated rings. The van der Waals surface area contributed by atoms with Crippen molar-refractivity contribution in [3.63, 3.8) is 0 Å². The average Bonchev–Trinajstić information content (AvgIpc) is 2.30. The quantitative estimate of drug-likeness (QED) is 0.474. The predicted octanol–water partition coefficient (Wildman–Crippen LogP) is 4.14. The second kappa shape index (κ2) is 4.70. The van der Waals surface area contributed by atoms with Crippen LogP contribution in [0.15, 0.2) is 22.7 Å². The number of hydrogen-bond donors (Lipinski definition) is 0. The zero-order valence-corrected chi connectivity index (χ0v) is 12.4. The van der Waals surface area contributed by atoms with Gasteiger partial charge in [-0.2, -0.15) is 0 Å². The number of rotatable bonds is 3. The molecular formula is C12H13BrClNO3. The number of nitro benzene ring substituents is 1. The summed E-state index contributed by atoms with van der Waals surface area (Å²) in [6, 6.07) is 4.77. The summed E-state index contributed by atoms with van der Waals surface area (Å²) in [7, 11) is 0. The van der Waals surface area contributed by atoms with Gasteiger partial charge in [0.15, 0.2) is 0 Å². The molecule has 0 bridgehead atoms. The van der Waals surface area contributed by atoms with Gasteiger partial charge in [0.2, 0.25) is 0 Å². The second-order valence-corrected chi connectivity index (χ2v) is 6.30. The normalized spacial score (nSPS) is 25.3. The first-order valence-electron chi connectivity index (χ1n) is 5.57. The number of benzene rings is 1. The van der Waals surface area contributed by atoms with Gasteiger partial charge >= 0.3 is 0 Å². The molecule has 0 spiro atoms. The number of nitro groups is 1. The van der Waals surface area contributed by atoms with E-state index in [9.17, 15) is 10.1 Å². The molecule has 2 atom stereocenters. The van der Waals surface area contributed by atoms with Crippen LogP contribution < -0.4 is 4.74 Å². The largest absolute Gasteiger partial charge is 0.488 e. The molecule has 0 N–H and O–H groups in total. The minimum absolute atomic E-state index is 0.00653. The van der Waals surface area contributed by atoms with Crippen molar-refractivity contribution < 1.29 is 9.66 Å². The number of hydrogen-bond acceptors (Lipinski definition) is 3. The van der Waals surface area contributed by atoms with Crippen LogP contribution in [0.1, 0.15) is 20.3 Å². The summed E-state index contributed by atoms with van der Waals surface area (Å²) < 4.78 is 6.20. The fourth-order valence-electron chi connectivity index (χ4n) is 1.92. The lowest BCUT2D eigenvalue weighted by Crippen LogP contribution is -2.53. The Hall–Kier alpha value is -0.810. The van der Waals surface area contributed by atoms with Crippen LogP contribution in [0.2, 0.25) is 0 Å². The first-order valence-corrected chi connectivity index (χ1v) is 6.80. The summed E-state index contributed by atoms with van der Waals surface area (Å²) in [5.74, 6) is 0.492. The summed E-state index contributed by atoms with van der Waals surface area (Å²) in [5.41, 5.74) is -0.113. The highest BCUT2D eigenvalue weighted by molar-refractivity contribution is 9.10. The third-order valence-corrected chi connectivity index (χ3v) is 5.00. The van der Waals surface area contributed by atoms with Crippen molar-refractivity contribution in [3.05, 3.63) is 32.8 Å². The lowest BCUT2D eigenvalue weighted by Gasteiger charge is -2.48. The minimum atomic E-state index is -0.437. The van der Waals surface area contributed by atoms with Gasteiger partial charge in [0, 0.05) is 23.3 Å². The van der Waals surface area contributed by atoms with E-state index in [1.807, 2.05) is 13.8 Å². The van der Waals surface area contributed by atoms with Gasteiger partial charge < -0.3 is 4.74 Å². The highest BCUT2D eigenvalue weighted by Crippen LogP contribution is 2.47. The van der Waals surface area contributed by atoms with E-state index < -0.39 is 4.92 Å². The van der Waals surface area contributed by atoms with Gasteiger partial charge in [-0.25, -0.2) is 0 Å². The minimum Gasteiger partial charge on any atom is -0.488 e. The SMILES string of the molecule is CC1(C)C(Cl)CC1Oc1cccc([N+](=O)[O-])c1Br. The molecule has 0 heterocycles. The van der Waals surface area contributed by atoms with Crippen LogP contribution in [-0.4, -0.2) is 16.4 Å². The highest BCUT2D eigenvalue weighted by Gasteiger charge is 2.49. The van der Waals surface area contributed by atoms with E-state index in [1.54, 1.807) is 12.1 Å². The first kappa shape index (κ1) is 13.6. The molecule has 1 aromatic carbocycles. The van der Waals surface area contributed by atoms with Crippen LogP contribution in [0.5, 0.6) is 5.75 Å². The molecular weight excluding hydrogens is 321 g/mol. The third-order valence-electron chi connectivity index (χ3n) is 3.47. The van der Waals surface area contributed by atoms with Gasteiger partial charge in [0.05, 0.1) is 4.92 Å². The molecule has 4 nitrogen and oxygen atoms in total. The monoisotopic (exact) mass is 333 g/mol. The maximum Gasteiger partial charge on any atom is 0.287 e. The summed E-state index contributed by atoms with van der Waals surface area (Å²) >= 11 is 9.34. The molecule has 1 saturated carbocycles. The topological polar surface area (TPSA) is 52.4 Å². The molecule has 0 radical (unpaired) electrons. The second-order valence-electron chi connectivity index (χ2n) is 4.98. The Labute approximate surface area is 119 Å². The van der Waals surface area contributed by atoms with Crippen molar-refractivity contribution in [2.75, 3.05) is 0 Å². The van der Waals surface area contributed by atoms with Crippen LogP contribution in [0.4, 0.5) is 5.69 Å². The zero-order chi connectivity index (χ0) is 13.5. The Morgan fingerprint density at radius 3 is 2.72 bits per heavy atom. The molecule has 98 valence electrons. The van der Waals surface area contributed by atoms with Crippen LogP contribution in [-0.2, 0) is 0 Å². The van der Waals surface area contributed by atoms with Crippen LogP contribution in [0.25, 0.3) is 0 Å². The summed E-state index contributed by atoms with van der Waals surface area (Å²) in [5, 5.41) is 10.9. The van der Waals surface area contributed by atoms with Gasteiger partial charge in [-0.1, -0.05) is 19.9 Å². The van der Waals surface area contributed by atoms with E-state index >= 15 is 0 Å². The number of halogens is 2. The maximum atomic E-state index is 10.8. The average molecular weight is 335 g/mol. The van der Waals surface area contributed by atoms with Crippen molar-refractivity contribution in [3.8, 4) is 5.75 Å². The molecule has 0 aromatic heterocycles. The Morgan fingerprint density at radius 1 is 1.56 bits per heavy atom. The molecule has 0 amide bonds. The molecule has 0 aliphatic heterocycles. The first-order chi connectivity index (χ1) is 8.34. The van der Waals surface area contributed by atoms with Crippen LogP contribution >= 0.6 is 27.5 Å². The van der Waals surface area contributed by atoms with Crippen molar-refractivity contribution in [2.24, 2.45) is 5.41 Å². The lowest BCUT2D eigenvalue weighted by atomic mass is 9.68. The van der Waals surface area contributed by atoms with Crippen LogP contribution in [0, 0.1) is 15.5 Å². The van der Waals surface area contributed by atoms with Crippen molar-refractivity contribution in [2.45, 2.75) is 31.7 Å². The molecule has 1 aromatic rings. The molecule has 1 aliphatic rings. The van der Waals surface area contributed by atoms with Crippen molar-refractivity contribution in [1.82, 2.24) is 0 Å². The molecule has 0 saturated heterocycles. The zero-order valence-electron chi connectivity index (χ0n) is 10.0. The van der Waals surface area contributed by atoms with Gasteiger partial charge in [0.1, 0.15) is 16.3 Å². The number of ether oxygens (including phenoxy) is 1. The summed E-state index contributed by atoms with van der Waals surface area (Å²) in [4.78, 5) is 10.4. The van der Waals surface area contributed by atoms with Gasteiger partial charge in [-0.05, 0) is 22.0 Å².